The molecule has 3 aromatic carbocycles. The molecule has 0 aliphatic carbocycles. The Kier molecular flexibility index (Phi) is 6.63. The SMILES string of the molecule is O=C(COc1ccc(Br)cc1/C=c1\sc2nc(-c3ccccc3)nn2c1=O)Nc1ccc(Cl)cc1. The summed E-state index contributed by atoms with van der Waals surface area (Å²) in [6.07, 6.45) is 1.71. The van der Waals surface area contributed by atoms with Gasteiger partial charge in [-0.1, -0.05) is 69.2 Å². The van der Waals surface area contributed by atoms with Gasteiger partial charge in [-0.05, 0) is 48.5 Å². The summed E-state index contributed by atoms with van der Waals surface area (Å²) in [6.45, 7) is -0.203. The summed E-state index contributed by atoms with van der Waals surface area (Å²) in [4.78, 5) is 30.3. The maximum absolute atomic E-state index is 13.0. The van der Waals surface area contributed by atoms with Crippen LogP contribution >= 0.6 is 38.9 Å². The minimum Gasteiger partial charge on any atom is -0.483 e. The molecule has 5 aromatic rings. The number of benzene rings is 3. The number of carbonyl (C=O) groups excluding carboxylic acids is 1. The molecule has 0 saturated heterocycles. The third kappa shape index (κ3) is 5.27. The van der Waals surface area contributed by atoms with Gasteiger partial charge in [0.1, 0.15) is 5.75 Å². The van der Waals surface area contributed by atoms with Crippen LogP contribution in [0.2, 0.25) is 5.02 Å². The van der Waals surface area contributed by atoms with Crippen LogP contribution in [0.1, 0.15) is 5.56 Å². The van der Waals surface area contributed by atoms with E-state index in [4.69, 9.17) is 16.3 Å². The number of carbonyl (C=O) groups is 1. The Morgan fingerprint density at radius 2 is 1.89 bits per heavy atom. The van der Waals surface area contributed by atoms with Crippen molar-refractivity contribution in [1.29, 1.82) is 0 Å². The second-order valence-corrected chi connectivity index (χ2v) is 9.80. The first-order valence-electron chi connectivity index (χ1n) is 10.4. The molecule has 1 N–H and O–H groups in total. The summed E-state index contributed by atoms with van der Waals surface area (Å²) in [6, 6.07) is 21.6. The number of thiazole rings is 1. The lowest BCUT2D eigenvalue weighted by Crippen LogP contribution is -2.24. The summed E-state index contributed by atoms with van der Waals surface area (Å²) < 4.78 is 8.33. The first-order chi connectivity index (χ1) is 17.0. The number of halogens is 2. The largest absolute Gasteiger partial charge is 0.483 e. The molecular formula is C25H16BrClN4O3S. The van der Waals surface area contributed by atoms with Crippen molar-refractivity contribution in [1.82, 2.24) is 14.6 Å². The monoisotopic (exact) mass is 566 g/mol. The molecule has 1 amide bonds. The predicted molar refractivity (Wildman–Crippen MR) is 141 cm³/mol. The smallest absolute Gasteiger partial charge is 0.291 e. The van der Waals surface area contributed by atoms with Crippen LogP contribution in [-0.4, -0.2) is 27.1 Å². The molecule has 0 unspecified atom stereocenters. The second kappa shape index (κ2) is 9.99. The highest BCUT2D eigenvalue weighted by atomic mass is 79.9. The lowest BCUT2D eigenvalue weighted by atomic mass is 10.2. The lowest BCUT2D eigenvalue weighted by molar-refractivity contribution is -0.118. The number of anilines is 1. The Hall–Kier alpha value is -3.53. The van der Waals surface area contributed by atoms with Gasteiger partial charge in [-0.3, -0.25) is 9.59 Å². The molecule has 0 saturated carbocycles. The van der Waals surface area contributed by atoms with Gasteiger partial charge in [-0.15, -0.1) is 5.10 Å². The van der Waals surface area contributed by atoms with Gasteiger partial charge in [0, 0.05) is 26.3 Å². The van der Waals surface area contributed by atoms with Crippen molar-refractivity contribution in [2.24, 2.45) is 0 Å². The molecule has 0 spiro atoms. The summed E-state index contributed by atoms with van der Waals surface area (Å²) in [5.74, 6) is 0.638. The molecule has 5 rings (SSSR count). The molecule has 0 bridgehead atoms. The Labute approximate surface area is 216 Å². The molecule has 2 heterocycles. The van der Waals surface area contributed by atoms with E-state index >= 15 is 0 Å². The maximum atomic E-state index is 13.0. The number of ether oxygens (including phenoxy) is 1. The van der Waals surface area contributed by atoms with E-state index in [2.05, 4.69) is 31.3 Å². The average molecular weight is 568 g/mol. The number of aromatic nitrogens is 3. The fourth-order valence-corrected chi connectivity index (χ4v) is 4.73. The van der Waals surface area contributed by atoms with Gasteiger partial charge >= 0.3 is 0 Å². The Morgan fingerprint density at radius 1 is 1.11 bits per heavy atom. The number of rotatable bonds is 6. The molecule has 35 heavy (non-hydrogen) atoms. The highest BCUT2D eigenvalue weighted by Crippen LogP contribution is 2.24. The van der Waals surface area contributed by atoms with E-state index in [1.165, 1.54) is 15.9 Å². The fourth-order valence-electron chi connectivity index (χ4n) is 3.32. The quantitative estimate of drug-likeness (QED) is 0.319. The van der Waals surface area contributed by atoms with E-state index in [9.17, 15) is 9.59 Å². The zero-order valence-corrected chi connectivity index (χ0v) is 21.1. The molecule has 0 aliphatic heterocycles. The molecular weight excluding hydrogens is 552 g/mol. The van der Waals surface area contributed by atoms with Gasteiger partial charge in [0.2, 0.25) is 4.96 Å². The van der Waals surface area contributed by atoms with Crippen LogP contribution in [0, 0.1) is 0 Å². The summed E-state index contributed by atoms with van der Waals surface area (Å²) in [5, 5.41) is 7.71. The van der Waals surface area contributed by atoms with Crippen LogP contribution in [0.4, 0.5) is 5.69 Å². The number of nitrogens with one attached hydrogen (secondary N) is 1. The number of hydrogen-bond acceptors (Lipinski definition) is 6. The molecule has 0 radical (unpaired) electrons. The van der Waals surface area contributed by atoms with E-state index in [1.807, 2.05) is 36.4 Å². The van der Waals surface area contributed by atoms with Crippen molar-refractivity contribution in [3.63, 3.8) is 0 Å². The molecule has 10 heteroatoms. The Bertz CT molecular complexity index is 1640. The standard InChI is InChI=1S/C25H16BrClN4O3S/c26-17-6-11-20(34-14-22(32)28-19-9-7-18(27)8-10-19)16(12-17)13-21-24(33)31-25(35-21)29-23(30-31)15-4-2-1-3-5-15/h1-13H,14H2,(H,28,32)/b21-13-. The third-order valence-electron chi connectivity index (χ3n) is 4.96. The van der Waals surface area contributed by atoms with Crippen molar-refractivity contribution in [3.05, 3.63) is 103 Å². The summed E-state index contributed by atoms with van der Waals surface area (Å²) in [5.41, 5.74) is 1.83. The maximum Gasteiger partial charge on any atom is 0.291 e. The van der Waals surface area contributed by atoms with Crippen LogP contribution < -0.4 is 20.1 Å². The zero-order chi connectivity index (χ0) is 24.4. The van der Waals surface area contributed by atoms with Crippen molar-refractivity contribution in [3.8, 4) is 17.1 Å². The van der Waals surface area contributed by atoms with Gasteiger partial charge < -0.3 is 10.1 Å². The van der Waals surface area contributed by atoms with Crippen molar-refractivity contribution in [2.75, 3.05) is 11.9 Å². The number of nitrogens with zero attached hydrogens (tertiary/aromatic N) is 3. The molecule has 0 fully saturated rings. The van der Waals surface area contributed by atoms with E-state index in [0.29, 0.717) is 37.3 Å². The molecule has 0 atom stereocenters. The van der Waals surface area contributed by atoms with Crippen LogP contribution in [0.15, 0.2) is 82.1 Å². The Balaban J connectivity index is 1.39. The van der Waals surface area contributed by atoms with Crippen molar-refractivity contribution >= 4 is 61.5 Å². The second-order valence-electron chi connectivity index (χ2n) is 7.44. The average Bonchev–Trinajstić information content (AvgIpc) is 3.40. The van der Waals surface area contributed by atoms with Crippen LogP contribution in [0.5, 0.6) is 5.75 Å². The first kappa shape index (κ1) is 23.2. The van der Waals surface area contributed by atoms with Gasteiger partial charge in [0.25, 0.3) is 11.5 Å². The Morgan fingerprint density at radius 3 is 2.63 bits per heavy atom. The fraction of sp³-hybridized carbons (Fsp3) is 0.0400. The van der Waals surface area contributed by atoms with Crippen LogP contribution in [-0.2, 0) is 4.79 Å². The van der Waals surface area contributed by atoms with Crippen molar-refractivity contribution < 1.29 is 9.53 Å². The lowest BCUT2D eigenvalue weighted by Gasteiger charge is -2.10. The normalized spacial score (nSPS) is 11.7. The summed E-state index contributed by atoms with van der Waals surface area (Å²) in [7, 11) is 0. The molecule has 174 valence electrons. The molecule has 2 aromatic heterocycles. The zero-order valence-electron chi connectivity index (χ0n) is 17.9. The number of fused-ring (bicyclic) bond motifs is 1. The number of hydrogen-bond donors (Lipinski definition) is 1. The first-order valence-corrected chi connectivity index (χ1v) is 12.4. The topological polar surface area (TPSA) is 85.6 Å². The minimum atomic E-state index is -0.321. The predicted octanol–water partition coefficient (Wildman–Crippen LogP) is 4.80. The third-order valence-corrected chi connectivity index (χ3v) is 6.66. The van der Waals surface area contributed by atoms with E-state index in [1.54, 1.807) is 42.5 Å². The highest BCUT2D eigenvalue weighted by molar-refractivity contribution is 9.10. The van der Waals surface area contributed by atoms with E-state index in [-0.39, 0.29) is 18.1 Å². The minimum absolute atomic E-state index is 0.203. The van der Waals surface area contributed by atoms with Crippen LogP contribution in [0.3, 0.4) is 0 Å². The van der Waals surface area contributed by atoms with Gasteiger partial charge in [-0.25, -0.2) is 0 Å². The van der Waals surface area contributed by atoms with Gasteiger partial charge in [0.15, 0.2) is 12.4 Å². The summed E-state index contributed by atoms with van der Waals surface area (Å²) >= 11 is 10.6. The highest BCUT2D eigenvalue weighted by Gasteiger charge is 2.13. The number of amides is 1. The van der Waals surface area contributed by atoms with E-state index in [0.717, 1.165) is 10.0 Å². The van der Waals surface area contributed by atoms with E-state index < -0.39 is 0 Å². The van der Waals surface area contributed by atoms with Gasteiger partial charge in [-0.2, -0.15) is 9.50 Å². The van der Waals surface area contributed by atoms with Crippen molar-refractivity contribution in [2.45, 2.75) is 0 Å². The van der Waals surface area contributed by atoms with Gasteiger partial charge in [0.05, 0.1) is 4.53 Å². The molecule has 0 aliphatic rings. The van der Waals surface area contributed by atoms with Crippen LogP contribution in [0.25, 0.3) is 22.4 Å². The molecule has 7 nitrogen and oxygen atoms in total.